The quantitative estimate of drug-likeness (QED) is 0.783. The molecule has 18 heavy (non-hydrogen) atoms. The van der Waals surface area contributed by atoms with E-state index in [1.807, 2.05) is 24.6 Å². The van der Waals surface area contributed by atoms with E-state index in [0.29, 0.717) is 23.5 Å². The Balaban J connectivity index is 1.84. The van der Waals surface area contributed by atoms with Crippen LogP contribution >= 0.6 is 0 Å². The summed E-state index contributed by atoms with van der Waals surface area (Å²) < 4.78 is 5.19. The highest BCUT2D eigenvalue weighted by Gasteiger charge is 2.33. The number of nitrogens with one attached hydrogen (secondary N) is 1. The van der Waals surface area contributed by atoms with E-state index in [-0.39, 0.29) is 5.76 Å². The molecular weight excluding hydrogens is 228 g/mol. The van der Waals surface area contributed by atoms with E-state index in [1.54, 1.807) is 7.11 Å². The number of rotatable bonds is 2. The van der Waals surface area contributed by atoms with Crippen LogP contribution < -0.4 is 5.32 Å². The lowest BCUT2D eigenvalue weighted by molar-refractivity contribution is 0.241. The largest absolute Gasteiger partial charge is 0.504 e. The fourth-order valence-corrected chi connectivity index (χ4v) is 2.75. The average molecular weight is 244 g/mol. The Kier molecular flexibility index (Phi) is 2.70. The molecular formula is C14H16N2O2. The van der Waals surface area contributed by atoms with Gasteiger partial charge in [0, 0.05) is 12.1 Å². The van der Waals surface area contributed by atoms with Gasteiger partial charge in [0.25, 0.3) is 0 Å². The van der Waals surface area contributed by atoms with E-state index >= 15 is 0 Å². The monoisotopic (exact) mass is 244 g/mol. The minimum absolute atomic E-state index is 0.238. The van der Waals surface area contributed by atoms with Gasteiger partial charge in [-0.25, -0.2) is 4.99 Å². The Morgan fingerprint density at radius 1 is 1.44 bits per heavy atom. The highest BCUT2D eigenvalue weighted by atomic mass is 16.5. The molecule has 0 fully saturated rings. The van der Waals surface area contributed by atoms with Gasteiger partial charge < -0.3 is 15.2 Å². The zero-order valence-electron chi connectivity index (χ0n) is 10.2. The van der Waals surface area contributed by atoms with Gasteiger partial charge >= 0.3 is 0 Å². The predicted molar refractivity (Wildman–Crippen MR) is 69.7 cm³/mol. The Hall–Kier alpha value is -1.97. The van der Waals surface area contributed by atoms with E-state index in [2.05, 4.69) is 22.5 Å². The Labute approximate surface area is 106 Å². The Morgan fingerprint density at radius 2 is 2.33 bits per heavy atom. The van der Waals surface area contributed by atoms with Crippen LogP contribution in [0.5, 0.6) is 0 Å². The molecule has 0 aromatic rings. The summed E-state index contributed by atoms with van der Waals surface area (Å²) in [5.41, 5.74) is 0. The maximum absolute atomic E-state index is 9.67. The molecule has 3 atom stereocenters. The van der Waals surface area contributed by atoms with Gasteiger partial charge in [-0.2, -0.15) is 0 Å². The lowest BCUT2D eigenvalue weighted by atomic mass is 9.77. The van der Waals surface area contributed by atoms with Crippen LogP contribution in [0.3, 0.4) is 0 Å². The Morgan fingerprint density at radius 3 is 3.17 bits per heavy atom. The number of aliphatic imine (C=N–C) groups is 1. The van der Waals surface area contributed by atoms with Crippen LogP contribution in [-0.4, -0.2) is 18.1 Å². The van der Waals surface area contributed by atoms with Gasteiger partial charge in [-0.1, -0.05) is 12.2 Å². The third-order valence-corrected chi connectivity index (χ3v) is 3.70. The molecule has 0 aromatic carbocycles. The van der Waals surface area contributed by atoms with Crippen molar-refractivity contribution in [2.75, 3.05) is 7.11 Å². The lowest BCUT2D eigenvalue weighted by Gasteiger charge is -2.30. The van der Waals surface area contributed by atoms with Crippen molar-refractivity contribution in [2.45, 2.75) is 6.42 Å². The second kappa shape index (κ2) is 4.37. The number of methoxy groups -OCH3 is 1. The first-order valence-corrected chi connectivity index (χ1v) is 6.12. The number of hydrogen-bond donors (Lipinski definition) is 2. The molecule has 3 unspecified atom stereocenters. The van der Waals surface area contributed by atoms with Gasteiger partial charge in [0.05, 0.1) is 7.11 Å². The van der Waals surface area contributed by atoms with E-state index < -0.39 is 0 Å². The molecule has 2 N–H and O–H groups in total. The highest BCUT2D eigenvalue weighted by Crippen LogP contribution is 2.36. The molecule has 0 saturated heterocycles. The zero-order valence-corrected chi connectivity index (χ0v) is 10.2. The molecule has 0 spiro atoms. The molecule has 0 aromatic heterocycles. The Bertz CT molecular complexity index is 500. The molecule has 4 heteroatoms. The fourth-order valence-electron chi connectivity index (χ4n) is 2.75. The van der Waals surface area contributed by atoms with Gasteiger partial charge in [-0.15, -0.1) is 0 Å². The third-order valence-electron chi connectivity index (χ3n) is 3.70. The second-order valence-corrected chi connectivity index (χ2v) is 4.69. The third kappa shape index (κ3) is 1.74. The number of amidine groups is 1. The number of hydrogen-bond acceptors (Lipinski definition) is 4. The summed E-state index contributed by atoms with van der Waals surface area (Å²) in [5.74, 6) is 2.81. The molecule has 0 saturated carbocycles. The molecule has 0 bridgehead atoms. The molecule has 2 heterocycles. The van der Waals surface area contributed by atoms with E-state index in [9.17, 15) is 5.11 Å². The highest BCUT2D eigenvalue weighted by molar-refractivity contribution is 5.91. The van der Waals surface area contributed by atoms with E-state index in [0.717, 1.165) is 12.3 Å². The molecule has 3 aliphatic rings. The minimum atomic E-state index is 0.238. The lowest BCUT2D eigenvalue weighted by Crippen LogP contribution is -2.31. The van der Waals surface area contributed by atoms with Crippen molar-refractivity contribution in [3.05, 3.63) is 48.2 Å². The summed E-state index contributed by atoms with van der Waals surface area (Å²) in [5, 5.41) is 12.8. The predicted octanol–water partition coefficient (Wildman–Crippen LogP) is 2.25. The van der Waals surface area contributed by atoms with Crippen LogP contribution in [0.1, 0.15) is 6.42 Å². The standard InChI is InChI=1S/C14H16N2O2/c1-18-13-8-9(2-3-12(13)17)10-4-6-15-14-11(10)5-7-16-14/h3-11,17H,2H2,1H3,(H,15,16). The van der Waals surface area contributed by atoms with Gasteiger partial charge in [0.2, 0.25) is 0 Å². The van der Waals surface area contributed by atoms with Gasteiger partial charge in [-0.3, -0.25) is 0 Å². The maximum atomic E-state index is 9.67. The van der Waals surface area contributed by atoms with Crippen LogP contribution in [0.25, 0.3) is 0 Å². The van der Waals surface area contributed by atoms with Crippen LogP contribution in [0.2, 0.25) is 0 Å². The van der Waals surface area contributed by atoms with E-state index in [1.165, 1.54) is 0 Å². The molecule has 3 rings (SSSR count). The first-order valence-electron chi connectivity index (χ1n) is 6.12. The molecule has 2 aliphatic heterocycles. The summed E-state index contributed by atoms with van der Waals surface area (Å²) in [6.45, 7) is 0. The second-order valence-electron chi connectivity index (χ2n) is 4.69. The molecule has 0 radical (unpaired) electrons. The van der Waals surface area contributed by atoms with Crippen molar-refractivity contribution >= 4 is 5.84 Å². The fraction of sp³-hybridized carbons (Fsp3) is 0.357. The SMILES string of the molecule is COC1=CC(C2C=CN=C3NC=CC32)CC=C1O. The van der Waals surface area contributed by atoms with Crippen LogP contribution in [-0.2, 0) is 4.74 Å². The van der Waals surface area contributed by atoms with Crippen LogP contribution in [0.15, 0.2) is 53.2 Å². The molecule has 0 amide bonds. The first-order chi connectivity index (χ1) is 8.79. The van der Waals surface area contributed by atoms with Crippen molar-refractivity contribution in [2.24, 2.45) is 22.7 Å². The number of aliphatic hydroxyl groups is 1. The molecule has 94 valence electrons. The zero-order chi connectivity index (χ0) is 12.5. The summed E-state index contributed by atoms with van der Waals surface area (Å²) in [4.78, 5) is 4.34. The average Bonchev–Trinajstić information content (AvgIpc) is 2.87. The summed E-state index contributed by atoms with van der Waals surface area (Å²) >= 11 is 0. The summed E-state index contributed by atoms with van der Waals surface area (Å²) in [6, 6.07) is 0. The van der Waals surface area contributed by atoms with Gasteiger partial charge in [0.1, 0.15) is 5.84 Å². The van der Waals surface area contributed by atoms with E-state index in [4.69, 9.17) is 4.74 Å². The first kappa shape index (κ1) is 11.1. The van der Waals surface area contributed by atoms with Crippen LogP contribution in [0, 0.1) is 17.8 Å². The summed E-state index contributed by atoms with van der Waals surface area (Å²) in [6.07, 6.45) is 12.7. The number of fused-ring (bicyclic) bond motifs is 1. The van der Waals surface area contributed by atoms with Crippen LogP contribution in [0.4, 0.5) is 0 Å². The number of ether oxygens (including phenoxy) is 1. The topological polar surface area (TPSA) is 53.8 Å². The van der Waals surface area contributed by atoms with Gasteiger partial charge in [0.15, 0.2) is 11.5 Å². The van der Waals surface area contributed by atoms with Gasteiger partial charge in [-0.05, 0) is 36.6 Å². The number of allylic oxidation sites excluding steroid dienone is 3. The smallest absolute Gasteiger partial charge is 0.156 e. The normalized spacial score (nSPS) is 33.2. The van der Waals surface area contributed by atoms with Crippen molar-refractivity contribution < 1.29 is 9.84 Å². The van der Waals surface area contributed by atoms with Crippen molar-refractivity contribution in [1.29, 1.82) is 0 Å². The minimum Gasteiger partial charge on any atom is -0.504 e. The molecule has 4 nitrogen and oxygen atoms in total. The number of aliphatic hydroxyl groups excluding tert-OH is 1. The van der Waals surface area contributed by atoms with Crippen molar-refractivity contribution in [3.8, 4) is 0 Å². The summed E-state index contributed by atoms with van der Waals surface area (Å²) in [7, 11) is 1.58. The molecule has 1 aliphatic carbocycles. The maximum Gasteiger partial charge on any atom is 0.156 e. The van der Waals surface area contributed by atoms with Crippen molar-refractivity contribution in [1.82, 2.24) is 5.32 Å². The number of nitrogens with zero attached hydrogens (tertiary/aromatic N) is 1. The van der Waals surface area contributed by atoms with Crippen molar-refractivity contribution in [3.63, 3.8) is 0 Å².